The maximum Gasteiger partial charge on any atom is 0.281 e. The highest BCUT2D eigenvalue weighted by molar-refractivity contribution is 6.39. The second kappa shape index (κ2) is 8.11. The molecule has 4 rings (SSSR count). The monoisotopic (exact) mass is 422 g/mol. The van der Waals surface area contributed by atoms with Crippen molar-refractivity contribution in [2.45, 2.75) is 0 Å². The van der Waals surface area contributed by atoms with Gasteiger partial charge in [0.1, 0.15) is 5.71 Å². The summed E-state index contributed by atoms with van der Waals surface area (Å²) in [7, 11) is 1.50. The van der Waals surface area contributed by atoms with Gasteiger partial charge in [0.2, 0.25) is 0 Å². The van der Waals surface area contributed by atoms with Crippen molar-refractivity contribution in [3.05, 3.63) is 99.5 Å². The smallest absolute Gasteiger partial charge is 0.281 e. The van der Waals surface area contributed by atoms with Crippen LogP contribution in [0.5, 0.6) is 5.75 Å². The highest BCUT2D eigenvalue weighted by atomic mass is 35.5. The van der Waals surface area contributed by atoms with Crippen molar-refractivity contribution >= 4 is 46.6 Å². The molecule has 0 fully saturated rings. The summed E-state index contributed by atoms with van der Waals surface area (Å²) in [4.78, 5) is 13.2. The van der Waals surface area contributed by atoms with Crippen LogP contribution in [0.3, 0.4) is 0 Å². The van der Waals surface area contributed by atoms with Crippen molar-refractivity contribution in [2.75, 3.05) is 12.1 Å². The number of nitrogens with zero attached hydrogens (tertiary/aromatic N) is 2. The van der Waals surface area contributed by atoms with Gasteiger partial charge in [0.25, 0.3) is 5.91 Å². The number of carbonyl (C=O) groups is 1. The van der Waals surface area contributed by atoms with Crippen molar-refractivity contribution in [1.29, 1.82) is 0 Å². The molecule has 1 aliphatic heterocycles. The number of amides is 1. The molecule has 0 bridgehead atoms. The molecule has 0 spiro atoms. The number of rotatable bonds is 4. The lowest BCUT2D eigenvalue weighted by molar-refractivity contribution is -0.114. The summed E-state index contributed by atoms with van der Waals surface area (Å²) >= 11 is 12.5. The van der Waals surface area contributed by atoms with E-state index in [0.29, 0.717) is 38.3 Å². The van der Waals surface area contributed by atoms with Gasteiger partial charge in [0, 0.05) is 5.56 Å². The first-order valence-electron chi connectivity index (χ1n) is 8.87. The maximum atomic E-state index is 13.2. The molecule has 3 aromatic rings. The van der Waals surface area contributed by atoms with E-state index in [2.05, 4.69) is 5.10 Å². The molecule has 0 radical (unpaired) electrons. The Labute approximate surface area is 178 Å². The van der Waals surface area contributed by atoms with Crippen molar-refractivity contribution in [1.82, 2.24) is 0 Å². The third kappa shape index (κ3) is 3.77. The average molecular weight is 423 g/mol. The van der Waals surface area contributed by atoms with Crippen LogP contribution in [0.15, 0.2) is 83.5 Å². The van der Waals surface area contributed by atoms with E-state index >= 15 is 0 Å². The Balaban J connectivity index is 1.83. The molecule has 3 aromatic carbocycles. The van der Waals surface area contributed by atoms with Crippen molar-refractivity contribution in [3.8, 4) is 5.75 Å². The van der Waals surface area contributed by atoms with E-state index in [0.717, 1.165) is 5.56 Å². The van der Waals surface area contributed by atoms with E-state index in [1.54, 1.807) is 18.2 Å². The largest absolute Gasteiger partial charge is 0.494 e. The van der Waals surface area contributed by atoms with E-state index in [9.17, 15) is 4.79 Å². The fraction of sp³-hybridized carbons (Fsp3) is 0.0435. The highest BCUT2D eigenvalue weighted by Crippen LogP contribution is 2.35. The zero-order valence-electron chi connectivity index (χ0n) is 15.5. The van der Waals surface area contributed by atoms with E-state index in [4.69, 9.17) is 27.9 Å². The molecule has 29 heavy (non-hydrogen) atoms. The Hall–Kier alpha value is -3.08. The molecular weight excluding hydrogens is 407 g/mol. The topological polar surface area (TPSA) is 41.9 Å². The van der Waals surface area contributed by atoms with Crippen LogP contribution in [0.25, 0.3) is 6.08 Å². The number of ether oxygens (including phenoxy) is 1. The van der Waals surface area contributed by atoms with Crippen LogP contribution in [0.4, 0.5) is 5.69 Å². The van der Waals surface area contributed by atoms with Crippen LogP contribution in [0.1, 0.15) is 11.1 Å². The summed E-state index contributed by atoms with van der Waals surface area (Å²) in [6.07, 6.45) is 1.74. The van der Waals surface area contributed by atoms with E-state index in [1.807, 2.05) is 60.7 Å². The Bertz CT molecular complexity index is 1100. The minimum Gasteiger partial charge on any atom is -0.494 e. The number of para-hydroxylation sites is 1. The van der Waals surface area contributed by atoms with Crippen LogP contribution in [-0.4, -0.2) is 18.7 Å². The highest BCUT2D eigenvalue weighted by Gasteiger charge is 2.32. The Morgan fingerprint density at radius 1 is 0.931 bits per heavy atom. The lowest BCUT2D eigenvalue weighted by Crippen LogP contribution is -2.21. The fourth-order valence-electron chi connectivity index (χ4n) is 3.12. The number of hydrazone groups is 1. The Kier molecular flexibility index (Phi) is 5.38. The third-order valence-electron chi connectivity index (χ3n) is 4.46. The van der Waals surface area contributed by atoms with Crippen LogP contribution >= 0.6 is 23.2 Å². The first-order valence-corrected chi connectivity index (χ1v) is 9.62. The molecule has 0 aliphatic carbocycles. The van der Waals surface area contributed by atoms with Crippen molar-refractivity contribution in [2.24, 2.45) is 5.10 Å². The summed E-state index contributed by atoms with van der Waals surface area (Å²) in [6, 6.07) is 22.3. The quantitative estimate of drug-likeness (QED) is 0.495. The van der Waals surface area contributed by atoms with Gasteiger partial charge in [-0.25, -0.2) is 0 Å². The van der Waals surface area contributed by atoms with Gasteiger partial charge in [-0.2, -0.15) is 10.1 Å². The van der Waals surface area contributed by atoms with Crippen LogP contribution in [0.2, 0.25) is 10.0 Å². The number of anilines is 1. The zero-order valence-corrected chi connectivity index (χ0v) is 17.0. The molecular formula is C23H16Cl2N2O2. The van der Waals surface area contributed by atoms with Crippen LogP contribution in [-0.2, 0) is 4.79 Å². The van der Waals surface area contributed by atoms with E-state index in [1.165, 1.54) is 12.1 Å². The predicted octanol–water partition coefficient (Wildman–Crippen LogP) is 5.84. The molecule has 0 unspecified atom stereocenters. The molecule has 1 heterocycles. The lowest BCUT2D eigenvalue weighted by atomic mass is 10.00. The molecule has 0 aromatic heterocycles. The van der Waals surface area contributed by atoms with Gasteiger partial charge in [0.05, 0.1) is 28.4 Å². The maximum absolute atomic E-state index is 13.2. The lowest BCUT2D eigenvalue weighted by Gasteiger charge is -2.11. The summed E-state index contributed by atoms with van der Waals surface area (Å²) in [5, 5.41) is 6.75. The second-order valence-corrected chi connectivity index (χ2v) is 7.16. The number of halogens is 2. The molecule has 0 saturated carbocycles. The SMILES string of the molecule is COc1c(Cl)cc(/C=C2\C(=O)N(c3ccccc3)N=C2c2ccccc2)cc1Cl. The van der Waals surface area contributed by atoms with E-state index in [-0.39, 0.29) is 5.91 Å². The van der Waals surface area contributed by atoms with Gasteiger partial charge >= 0.3 is 0 Å². The van der Waals surface area contributed by atoms with Gasteiger partial charge in [0.15, 0.2) is 5.75 Å². The first-order chi connectivity index (χ1) is 14.1. The zero-order chi connectivity index (χ0) is 20.4. The Morgan fingerprint density at radius 3 is 2.10 bits per heavy atom. The molecule has 4 nitrogen and oxygen atoms in total. The number of hydrogen-bond donors (Lipinski definition) is 0. The molecule has 0 atom stereocenters. The van der Waals surface area contributed by atoms with Crippen LogP contribution in [0, 0.1) is 0 Å². The molecule has 0 saturated heterocycles. The van der Waals surface area contributed by atoms with Gasteiger partial charge in [-0.05, 0) is 35.9 Å². The van der Waals surface area contributed by atoms with Gasteiger partial charge in [-0.1, -0.05) is 71.7 Å². The number of benzene rings is 3. The summed E-state index contributed by atoms with van der Waals surface area (Å²) in [6.45, 7) is 0. The molecule has 1 amide bonds. The number of methoxy groups -OCH3 is 1. The minimum absolute atomic E-state index is 0.224. The normalized spacial score (nSPS) is 15.0. The fourth-order valence-corrected chi connectivity index (χ4v) is 3.78. The summed E-state index contributed by atoms with van der Waals surface area (Å²) in [5.74, 6) is 0.175. The average Bonchev–Trinajstić information content (AvgIpc) is 3.05. The van der Waals surface area contributed by atoms with E-state index < -0.39 is 0 Å². The van der Waals surface area contributed by atoms with Crippen LogP contribution < -0.4 is 9.75 Å². The minimum atomic E-state index is -0.224. The summed E-state index contributed by atoms with van der Waals surface area (Å²) < 4.78 is 5.20. The van der Waals surface area contributed by atoms with Crippen molar-refractivity contribution < 1.29 is 9.53 Å². The Morgan fingerprint density at radius 2 is 1.52 bits per heavy atom. The first kappa shape index (κ1) is 19.2. The number of hydrogen-bond acceptors (Lipinski definition) is 3. The standard InChI is InChI=1S/C23H16Cl2N2O2/c1-29-22-19(24)13-15(14-20(22)25)12-18-21(16-8-4-2-5-9-16)26-27(23(18)28)17-10-6-3-7-11-17/h2-14H,1H3/b18-12-. The predicted molar refractivity (Wildman–Crippen MR) is 118 cm³/mol. The number of carbonyl (C=O) groups excluding carboxylic acids is 1. The van der Waals surface area contributed by atoms with Gasteiger partial charge in [-0.15, -0.1) is 0 Å². The molecule has 1 aliphatic rings. The summed E-state index contributed by atoms with van der Waals surface area (Å²) in [5.41, 5.74) is 3.26. The second-order valence-electron chi connectivity index (χ2n) is 6.34. The molecule has 0 N–H and O–H groups in total. The third-order valence-corrected chi connectivity index (χ3v) is 5.02. The van der Waals surface area contributed by atoms with Crippen molar-refractivity contribution in [3.63, 3.8) is 0 Å². The molecule has 144 valence electrons. The van der Waals surface area contributed by atoms with Gasteiger partial charge < -0.3 is 4.74 Å². The molecule has 6 heteroatoms. The van der Waals surface area contributed by atoms with Gasteiger partial charge in [-0.3, -0.25) is 4.79 Å².